The van der Waals surface area contributed by atoms with Crippen LogP contribution in [-0.4, -0.2) is 11.4 Å². The number of hydrogen-bond donors (Lipinski definition) is 0. The fraction of sp³-hybridized carbons (Fsp3) is 0.231. The van der Waals surface area contributed by atoms with Crippen molar-refractivity contribution in [1.29, 1.82) is 0 Å². The molecule has 0 N–H and O–H groups in total. The Morgan fingerprint density at radius 1 is 0.600 bits per heavy atom. The van der Waals surface area contributed by atoms with Gasteiger partial charge in [-0.1, -0.05) is 153 Å². The van der Waals surface area contributed by atoms with Gasteiger partial charge in [-0.05, 0) is 133 Å². The molecule has 3 aromatic heterocycles. The van der Waals surface area contributed by atoms with E-state index in [-0.39, 0.29) is 28.5 Å². The molecular weight excluding hydrogens is 868 g/mol. The lowest BCUT2D eigenvalue weighted by molar-refractivity contribution is 0.332. The highest BCUT2D eigenvalue weighted by atomic mass is 32.1. The van der Waals surface area contributed by atoms with E-state index in [2.05, 4.69) is 217 Å². The van der Waals surface area contributed by atoms with Crippen LogP contribution in [-0.2, 0) is 21.7 Å². The number of hydrogen-bond acceptors (Lipinski definition) is 3. The molecule has 0 saturated carbocycles. The molecule has 0 atom stereocenters. The molecule has 4 aliphatic rings. The van der Waals surface area contributed by atoms with E-state index in [0.29, 0.717) is 0 Å². The van der Waals surface area contributed by atoms with Gasteiger partial charge in [0, 0.05) is 76.0 Å². The molecule has 0 bridgehead atoms. The summed E-state index contributed by atoms with van der Waals surface area (Å²) >= 11 is 1.98. The molecule has 15 rings (SSSR count). The summed E-state index contributed by atoms with van der Waals surface area (Å²) in [5.41, 5.74) is 23.4. The quantitative estimate of drug-likeness (QED) is 0.161. The summed E-state index contributed by atoms with van der Waals surface area (Å²) in [6.45, 7) is 21.6. The third-order valence-corrected chi connectivity index (χ3v) is 18.8. The monoisotopic (exact) mass is 922 g/mol. The van der Waals surface area contributed by atoms with Crippen molar-refractivity contribution < 1.29 is 4.42 Å². The minimum Gasteiger partial charge on any atom is -0.456 e. The van der Waals surface area contributed by atoms with Crippen LogP contribution in [0.4, 0.5) is 11.4 Å². The van der Waals surface area contributed by atoms with E-state index in [1.807, 2.05) is 11.3 Å². The van der Waals surface area contributed by atoms with Gasteiger partial charge in [0.25, 0.3) is 0 Å². The van der Waals surface area contributed by atoms with Crippen molar-refractivity contribution in [3.63, 3.8) is 0 Å². The highest BCUT2D eigenvalue weighted by Gasteiger charge is 2.48. The fourth-order valence-electron chi connectivity index (χ4n) is 13.7. The molecule has 0 unspecified atom stereocenters. The first-order chi connectivity index (χ1) is 33.6. The predicted octanol–water partition coefficient (Wildman–Crippen LogP) is 16.8. The minimum atomic E-state index is -0.169. The lowest BCUT2D eigenvalue weighted by atomic mass is 9.43. The average molecular weight is 923 g/mol. The second-order valence-electron chi connectivity index (χ2n) is 23.9. The number of thiophene rings is 1. The van der Waals surface area contributed by atoms with Gasteiger partial charge in [0.1, 0.15) is 11.3 Å². The van der Waals surface area contributed by atoms with E-state index in [9.17, 15) is 0 Å². The summed E-state index contributed by atoms with van der Waals surface area (Å²) in [6, 6.07) is 56.1. The van der Waals surface area contributed by atoms with Gasteiger partial charge in [-0.25, -0.2) is 0 Å². The van der Waals surface area contributed by atoms with E-state index in [1.165, 1.54) is 126 Å². The second kappa shape index (κ2) is 13.3. The number of aromatic nitrogens is 1. The summed E-state index contributed by atoms with van der Waals surface area (Å²) in [5, 5.41) is 6.59. The molecule has 0 radical (unpaired) electrons. The zero-order valence-corrected chi connectivity index (χ0v) is 42.4. The standard InChI is InChI=1S/C65H55BN2OS/c1-62(2,3)38-23-25-39(26-24-38)68-51-33-42-40-19-13-15-21-45(40)65(8,9)46(42)31-44(51)56-57-41-20-14-16-22-55(41)70-61(57)58-43-32-47-48(64(6,7)28-27-63(47,4)5)34-50(43)67-52-35-54-37(29-49(52)66(68)59(56)60(58)67)30-53(69-54)36-17-11-10-12-18-36/h10-26,29-35H,27-28H2,1-9H3. The van der Waals surface area contributed by atoms with E-state index in [4.69, 9.17) is 4.42 Å². The van der Waals surface area contributed by atoms with E-state index < -0.39 is 0 Å². The molecule has 11 aromatic rings. The van der Waals surface area contributed by atoms with Gasteiger partial charge in [-0.3, -0.25) is 0 Å². The van der Waals surface area contributed by atoms with Gasteiger partial charge < -0.3 is 13.8 Å². The molecule has 0 fully saturated rings. The molecule has 70 heavy (non-hydrogen) atoms. The van der Waals surface area contributed by atoms with Crippen LogP contribution in [0.2, 0.25) is 0 Å². The maximum absolute atomic E-state index is 6.95. The smallest absolute Gasteiger partial charge is 0.333 e. The zero-order valence-electron chi connectivity index (χ0n) is 41.6. The van der Waals surface area contributed by atoms with Crippen molar-refractivity contribution in [2.45, 2.75) is 96.8 Å². The van der Waals surface area contributed by atoms with Crippen LogP contribution in [0.1, 0.15) is 103 Å². The number of rotatable bonds is 2. The highest BCUT2D eigenvalue weighted by molar-refractivity contribution is 7.27. The van der Waals surface area contributed by atoms with Gasteiger partial charge in [0.2, 0.25) is 0 Å². The van der Waals surface area contributed by atoms with Crippen molar-refractivity contribution in [1.82, 2.24) is 4.57 Å². The normalized spacial score (nSPS) is 16.8. The average Bonchev–Trinajstić information content (AvgIpc) is 4.10. The van der Waals surface area contributed by atoms with Crippen LogP contribution in [0.15, 0.2) is 150 Å². The predicted molar refractivity (Wildman–Crippen MR) is 299 cm³/mol. The van der Waals surface area contributed by atoms with Gasteiger partial charge in [-0.2, -0.15) is 0 Å². The first kappa shape index (κ1) is 41.0. The molecule has 2 aliphatic carbocycles. The topological polar surface area (TPSA) is 21.3 Å². The van der Waals surface area contributed by atoms with Crippen molar-refractivity contribution in [2.24, 2.45) is 0 Å². The second-order valence-corrected chi connectivity index (χ2v) is 25.0. The number of fused-ring (bicyclic) bond motifs is 18. The fourth-order valence-corrected chi connectivity index (χ4v) is 15.0. The largest absolute Gasteiger partial charge is 0.456 e. The maximum atomic E-state index is 6.95. The lowest BCUT2D eigenvalue weighted by Crippen LogP contribution is -2.60. The Morgan fingerprint density at radius 2 is 1.31 bits per heavy atom. The van der Waals surface area contributed by atoms with Crippen molar-refractivity contribution in [3.05, 3.63) is 173 Å². The van der Waals surface area contributed by atoms with Crippen molar-refractivity contribution >= 4 is 93.4 Å². The van der Waals surface area contributed by atoms with Crippen LogP contribution in [0, 0.1) is 0 Å². The first-order valence-electron chi connectivity index (χ1n) is 25.4. The van der Waals surface area contributed by atoms with Crippen LogP contribution < -0.4 is 15.7 Å². The number of nitrogens with zero attached hydrogens (tertiary/aromatic N) is 2. The molecule has 3 nitrogen and oxygen atoms in total. The molecule has 0 spiro atoms. The summed E-state index contributed by atoms with van der Waals surface area (Å²) in [6.07, 6.45) is 2.33. The number of benzene rings is 8. The highest BCUT2D eigenvalue weighted by Crippen LogP contribution is 2.58. The third kappa shape index (κ3) is 5.21. The lowest BCUT2D eigenvalue weighted by Gasteiger charge is -2.43. The van der Waals surface area contributed by atoms with E-state index >= 15 is 0 Å². The number of anilines is 2. The first-order valence-corrected chi connectivity index (χ1v) is 26.2. The van der Waals surface area contributed by atoms with Gasteiger partial charge in [0.05, 0.1) is 11.0 Å². The molecule has 0 saturated heterocycles. The van der Waals surface area contributed by atoms with Crippen LogP contribution in [0.3, 0.4) is 0 Å². The van der Waals surface area contributed by atoms with Crippen LogP contribution in [0.25, 0.3) is 92.2 Å². The molecule has 5 heteroatoms. The summed E-state index contributed by atoms with van der Waals surface area (Å²) in [5.74, 6) is 0.893. The Balaban J connectivity index is 1.17. The Labute approximate surface area is 414 Å². The molecule has 340 valence electrons. The third-order valence-electron chi connectivity index (χ3n) is 17.6. The zero-order chi connectivity index (χ0) is 47.5. The van der Waals surface area contributed by atoms with Gasteiger partial charge in [0.15, 0.2) is 0 Å². The number of furan rings is 1. The maximum Gasteiger partial charge on any atom is 0.333 e. The molecule has 5 heterocycles. The Bertz CT molecular complexity index is 4130. The molecule has 2 aliphatic heterocycles. The Kier molecular flexibility index (Phi) is 7.81. The molecule has 0 amide bonds. The summed E-state index contributed by atoms with van der Waals surface area (Å²) in [7, 11) is 0. The SMILES string of the molecule is CC(C)(C)c1ccc(N2B3c4cc5cc(-c6ccccc6)oc5cc4-n4c5cc6c(cc5c5c7sc8ccccc8c7c(c3c54)-c3cc4c(cc32)-c2ccccc2C4(C)C)C(C)(C)CCC6(C)C)cc1. The Morgan fingerprint density at radius 3 is 2.09 bits per heavy atom. The van der Waals surface area contributed by atoms with E-state index in [1.54, 1.807) is 0 Å². The van der Waals surface area contributed by atoms with Gasteiger partial charge in [-0.15, -0.1) is 11.3 Å². The van der Waals surface area contributed by atoms with E-state index in [0.717, 1.165) is 28.7 Å². The van der Waals surface area contributed by atoms with Gasteiger partial charge >= 0.3 is 6.85 Å². The summed E-state index contributed by atoms with van der Waals surface area (Å²) < 4.78 is 12.4. The molecular formula is C65H55BN2OS. The van der Waals surface area contributed by atoms with Crippen LogP contribution in [0.5, 0.6) is 0 Å². The molecule has 8 aromatic carbocycles. The van der Waals surface area contributed by atoms with Crippen molar-refractivity contribution in [2.75, 3.05) is 4.81 Å². The minimum absolute atomic E-state index is 0.0167. The van der Waals surface area contributed by atoms with Crippen LogP contribution >= 0.6 is 11.3 Å². The Hall–Kier alpha value is -6.82. The van der Waals surface area contributed by atoms with Crippen molar-refractivity contribution in [3.8, 4) is 39.3 Å². The summed E-state index contributed by atoms with van der Waals surface area (Å²) in [4.78, 5) is 2.74.